The number of hydrogen-bond acceptors (Lipinski definition) is 3. The third kappa shape index (κ3) is 4.25. The van der Waals surface area contributed by atoms with Crippen LogP contribution >= 0.6 is 15.9 Å². The molecule has 0 bridgehead atoms. The Kier molecular flexibility index (Phi) is 5.61. The summed E-state index contributed by atoms with van der Waals surface area (Å²) in [6.07, 6.45) is 2.17. The number of halogens is 1. The molecule has 6 heteroatoms. The minimum absolute atomic E-state index is 0.158. The number of anilines is 2. The first-order valence-corrected chi connectivity index (χ1v) is 9.42. The maximum atomic E-state index is 12.6. The molecule has 26 heavy (non-hydrogen) atoms. The summed E-state index contributed by atoms with van der Waals surface area (Å²) < 4.78 is 0.894. The van der Waals surface area contributed by atoms with E-state index in [-0.39, 0.29) is 11.5 Å². The first-order valence-electron chi connectivity index (χ1n) is 8.63. The number of piperidine rings is 1. The quantitative estimate of drug-likeness (QED) is 0.761. The van der Waals surface area contributed by atoms with Gasteiger partial charge in [0.05, 0.1) is 16.9 Å². The van der Waals surface area contributed by atoms with E-state index >= 15 is 0 Å². The molecule has 0 radical (unpaired) electrons. The molecule has 0 unspecified atom stereocenters. The van der Waals surface area contributed by atoms with Gasteiger partial charge in [-0.25, -0.2) is 4.79 Å². The number of carboxylic acids is 1. The van der Waals surface area contributed by atoms with E-state index < -0.39 is 5.97 Å². The molecule has 1 aliphatic heterocycles. The van der Waals surface area contributed by atoms with Crippen LogP contribution < -0.4 is 10.2 Å². The van der Waals surface area contributed by atoms with Gasteiger partial charge in [-0.3, -0.25) is 4.79 Å². The van der Waals surface area contributed by atoms with E-state index in [2.05, 4.69) is 33.1 Å². The van der Waals surface area contributed by atoms with Gasteiger partial charge in [-0.05, 0) is 61.2 Å². The number of nitrogens with zero attached hydrogens (tertiary/aromatic N) is 1. The molecular formula is C20H21BrN2O3. The lowest BCUT2D eigenvalue weighted by atomic mass is 9.98. The predicted octanol–water partition coefficient (Wildman–Crippen LogP) is 4.64. The maximum Gasteiger partial charge on any atom is 0.335 e. The maximum absolute atomic E-state index is 12.6. The Bertz CT molecular complexity index is 812. The smallest absolute Gasteiger partial charge is 0.335 e. The zero-order valence-corrected chi connectivity index (χ0v) is 16.1. The van der Waals surface area contributed by atoms with Crippen molar-refractivity contribution >= 4 is 39.2 Å². The number of carboxylic acid groups (broad SMARTS) is 1. The van der Waals surface area contributed by atoms with Gasteiger partial charge in [0.1, 0.15) is 0 Å². The highest BCUT2D eigenvalue weighted by atomic mass is 79.9. The zero-order valence-electron chi connectivity index (χ0n) is 14.5. The Balaban J connectivity index is 1.89. The van der Waals surface area contributed by atoms with Gasteiger partial charge in [-0.15, -0.1) is 0 Å². The summed E-state index contributed by atoms with van der Waals surface area (Å²) in [5.74, 6) is -0.583. The highest BCUT2D eigenvalue weighted by Gasteiger charge is 2.20. The molecule has 5 nitrogen and oxygen atoms in total. The topological polar surface area (TPSA) is 69.6 Å². The molecule has 2 aromatic rings. The van der Waals surface area contributed by atoms with Crippen LogP contribution in [-0.2, 0) is 0 Å². The average Bonchev–Trinajstić information content (AvgIpc) is 2.63. The van der Waals surface area contributed by atoms with Crippen LogP contribution in [0.25, 0.3) is 0 Å². The van der Waals surface area contributed by atoms with E-state index in [0.29, 0.717) is 17.2 Å². The monoisotopic (exact) mass is 416 g/mol. The molecule has 2 aromatic carbocycles. The highest BCUT2D eigenvalue weighted by molar-refractivity contribution is 9.10. The Morgan fingerprint density at radius 2 is 1.69 bits per heavy atom. The lowest BCUT2D eigenvalue weighted by Gasteiger charge is -2.33. The summed E-state index contributed by atoms with van der Waals surface area (Å²) in [6, 6.07) is 12.0. The molecular weight excluding hydrogens is 396 g/mol. The molecule has 0 saturated carbocycles. The van der Waals surface area contributed by atoms with Gasteiger partial charge in [0.15, 0.2) is 0 Å². The fourth-order valence-corrected chi connectivity index (χ4v) is 3.35. The first-order chi connectivity index (χ1) is 12.4. The zero-order chi connectivity index (χ0) is 18.7. The molecule has 0 aromatic heterocycles. The molecule has 0 atom stereocenters. The second kappa shape index (κ2) is 7.91. The van der Waals surface area contributed by atoms with Gasteiger partial charge in [-0.2, -0.15) is 0 Å². The van der Waals surface area contributed by atoms with Gasteiger partial charge in [0, 0.05) is 23.1 Å². The van der Waals surface area contributed by atoms with Crippen molar-refractivity contribution in [3.8, 4) is 0 Å². The Morgan fingerprint density at radius 3 is 2.31 bits per heavy atom. The third-order valence-electron chi connectivity index (χ3n) is 4.72. The van der Waals surface area contributed by atoms with Crippen molar-refractivity contribution < 1.29 is 14.7 Å². The summed E-state index contributed by atoms with van der Waals surface area (Å²) in [5, 5.41) is 12.2. The van der Waals surface area contributed by atoms with Crippen molar-refractivity contribution in [1.29, 1.82) is 0 Å². The first kappa shape index (κ1) is 18.5. The summed E-state index contributed by atoms with van der Waals surface area (Å²) in [6.45, 7) is 4.03. The summed E-state index contributed by atoms with van der Waals surface area (Å²) in [7, 11) is 0. The van der Waals surface area contributed by atoms with E-state index in [4.69, 9.17) is 0 Å². The fraction of sp³-hybridized carbons (Fsp3) is 0.300. The lowest BCUT2D eigenvalue weighted by Crippen LogP contribution is -2.33. The lowest BCUT2D eigenvalue weighted by molar-refractivity contribution is 0.0696. The second-order valence-electron chi connectivity index (χ2n) is 6.67. The summed E-state index contributed by atoms with van der Waals surface area (Å²) in [5.41, 5.74) is 2.08. The molecule has 2 N–H and O–H groups in total. The number of amides is 1. The van der Waals surface area contributed by atoms with E-state index in [1.54, 1.807) is 36.4 Å². The Morgan fingerprint density at radius 1 is 1.08 bits per heavy atom. The van der Waals surface area contributed by atoms with E-state index in [1.807, 2.05) is 0 Å². The number of rotatable bonds is 4. The molecule has 3 rings (SSSR count). The molecule has 1 aliphatic rings. The van der Waals surface area contributed by atoms with Crippen LogP contribution in [0.3, 0.4) is 0 Å². The second-order valence-corrected chi connectivity index (χ2v) is 7.58. The number of aromatic carboxylic acids is 1. The van der Waals surface area contributed by atoms with Crippen molar-refractivity contribution in [1.82, 2.24) is 0 Å². The van der Waals surface area contributed by atoms with Crippen molar-refractivity contribution in [2.45, 2.75) is 19.8 Å². The molecule has 0 spiro atoms. The normalized spacial score (nSPS) is 14.9. The Hall–Kier alpha value is -2.34. The summed E-state index contributed by atoms with van der Waals surface area (Å²) in [4.78, 5) is 26.2. The minimum atomic E-state index is -1.01. The predicted molar refractivity (Wildman–Crippen MR) is 106 cm³/mol. The minimum Gasteiger partial charge on any atom is -0.478 e. The van der Waals surface area contributed by atoms with Crippen LogP contribution in [0.2, 0.25) is 0 Å². The Labute approximate surface area is 161 Å². The number of carbonyl (C=O) groups excluding carboxylic acids is 1. The van der Waals surface area contributed by atoms with E-state index in [9.17, 15) is 14.7 Å². The standard InChI is InChI=1S/C20H21BrN2O3/c1-13-8-10-23(11-9-13)18-7-4-15(20(25)26)12-17(18)22-19(24)14-2-5-16(21)6-3-14/h2-7,12-13H,8-11H2,1H3,(H,22,24)(H,25,26). The third-order valence-corrected chi connectivity index (χ3v) is 5.25. The highest BCUT2D eigenvalue weighted by Crippen LogP contribution is 2.31. The van der Waals surface area contributed by atoms with Crippen molar-refractivity contribution in [3.63, 3.8) is 0 Å². The van der Waals surface area contributed by atoms with Crippen molar-refractivity contribution in [2.75, 3.05) is 23.3 Å². The van der Waals surface area contributed by atoms with Crippen LogP contribution in [0, 0.1) is 5.92 Å². The van der Waals surface area contributed by atoms with Gasteiger partial charge < -0.3 is 15.3 Å². The van der Waals surface area contributed by atoms with Gasteiger partial charge in [-0.1, -0.05) is 22.9 Å². The van der Waals surface area contributed by atoms with E-state index in [1.165, 1.54) is 6.07 Å². The SMILES string of the molecule is CC1CCN(c2ccc(C(=O)O)cc2NC(=O)c2ccc(Br)cc2)CC1. The van der Waals surface area contributed by atoms with Crippen molar-refractivity contribution in [3.05, 3.63) is 58.1 Å². The average molecular weight is 417 g/mol. The molecule has 1 amide bonds. The molecule has 0 aliphatic carbocycles. The largest absolute Gasteiger partial charge is 0.478 e. The number of carbonyl (C=O) groups is 2. The fourth-order valence-electron chi connectivity index (χ4n) is 3.09. The molecule has 1 fully saturated rings. The van der Waals surface area contributed by atoms with Crippen LogP contribution in [0.1, 0.15) is 40.5 Å². The van der Waals surface area contributed by atoms with Crippen molar-refractivity contribution in [2.24, 2.45) is 5.92 Å². The van der Waals surface area contributed by atoms with Crippen LogP contribution in [0.4, 0.5) is 11.4 Å². The number of benzene rings is 2. The van der Waals surface area contributed by atoms with Crippen LogP contribution in [0.5, 0.6) is 0 Å². The molecule has 136 valence electrons. The van der Waals surface area contributed by atoms with Crippen LogP contribution in [-0.4, -0.2) is 30.1 Å². The number of nitrogens with one attached hydrogen (secondary N) is 1. The molecule has 1 saturated heterocycles. The summed E-state index contributed by atoms with van der Waals surface area (Å²) >= 11 is 3.35. The molecule has 1 heterocycles. The van der Waals surface area contributed by atoms with Gasteiger partial charge >= 0.3 is 5.97 Å². The van der Waals surface area contributed by atoms with Gasteiger partial charge in [0.25, 0.3) is 5.91 Å². The van der Waals surface area contributed by atoms with Gasteiger partial charge in [0.2, 0.25) is 0 Å². The number of hydrogen-bond donors (Lipinski definition) is 2. The van der Waals surface area contributed by atoms with E-state index in [0.717, 1.165) is 36.1 Å². The van der Waals surface area contributed by atoms with Crippen LogP contribution in [0.15, 0.2) is 46.9 Å².